The van der Waals surface area contributed by atoms with Crippen LogP contribution in [0.1, 0.15) is 0 Å². The Morgan fingerprint density at radius 1 is 0.909 bits per heavy atom. The first-order chi connectivity index (χ1) is 15.9. The van der Waals surface area contributed by atoms with Gasteiger partial charge in [0.15, 0.2) is 5.65 Å². The molecule has 1 saturated heterocycles. The van der Waals surface area contributed by atoms with Gasteiger partial charge in [0, 0.05) is 30.0 Å². The third-order valence-electron chi connectivity index (χ3n) is 5.24. The Morgan fingerprint density at radius 2 is 1.64 bits per heavy atom. The number of nitrogens with zero attached hydrogens (tertiary/aromatic N) is 4. The van der Waals surface area contributed by atoms with Crippen molar-refractivity contribution in [1.29, 1.82) is 0 Å². The van der Waals surface area contributed by atoms with Gasteiger partial charge in [-0.05, 0) is 60.7 Å². The van der Waals surface area contributed by atoms with E-state index in [2.05, 4.69) is 25.0 Å². The lowest BCUT2D eigenvalue weighted by molar-refractivity contribution is -0.274. The lowest BCUT2D eigenvalue weighted by Crippen LogP contribution is -2.36. The van der Waals surface area contributed by atoms with E-state index in [1.165, 1.54) is 12.1 Å². The highest BCUT2D eigenvalue weighted by atomic mass is 19.4. The zero-order chi connectivity index (χ0) is 22.8. The number of ether oxygens (including phenoxy) is 2. The van der Waals surface area contributed by atoms with Crippen LogP contribution in [0.2, 0.25) is 0 Å². The first-order valence-electron chi connectivity index (χ1n) is 10.4. The lowest BCUT2D eigenvalue weighted by Gasteiger charge is -2.28. The van der Waals surface area contributed by atoms with Gasteiger partial charge in [0.2, 0.25) is 5.95 Å². The number of anilines is 3. The molecule has 2 aromatic heterocycles. The highest BCUT2D eigenvalue weighted by Gasteiger charge is 2.31. The molecule has 0 amide bonds. The Labute approximate surface area is 187 Å². The van der Waals surface area contributed by atoms with Crippen LogP contribution < -0.4 is 15.0 Å². The molecular formula is C23H20F3N5O2. The van der Waals surface area contributed by atoms with E-state index < -0.39 is 6.36 Å². The molecule has 0 unspecified atom stereocenters. The highest BCUT2D eigenvalue weighted by Crippen LogP contribution is 2.27. The number of halogens is 3. The smallest absolute Gasteiger partial charge is 0.406 e. The van der Waals surface area contributed by atoms with Crippen molar-refractivity contribution in [1.82, 2.24) is 14.6 Å². The van der Waals surface area contributed by atoms with Crippen molar-refractivity contribution in [2.75, 3.05) is 36.5 Å². The largest absolute Gasteiger partial charge is 0.573 e. The molecule has 7 nitrogen and oxygen atoms in total. The number of aromatic nitrogens is 3. The summed E-state index contributed by atoms with van der Waals surface area (Å²) in [5.41, 5.74) is 3.96. The monoisotopic (exact) mass is 455 g/mol. The number of benzene rings is 2. The molecule has 33 heavy (non-hydrogen) atoms. The molecule has 1 aliphatic heterocycles. The molecule has 10 heteroatoms. The second kappa shape index (κ2) is 8.62. The van der Waals surface area contributed by atoms with Crippen molar-refractivity contribution in [3.05, 3.63) is 66.7 Å². The van der Waals surface area contributed by atoms with Crippen molar-refractivity contribution in [3.8, 4) is 17.0 Å². The van der Waals surface area contributed by atoms with Gasteiger partial charge in [0.25, 0.3) is 0 Å². The maximum absolute atomic E-state index is 12.4. The first-order valence-corrected chi connectivity index (χ1v) is 10.4. The van der Waals surface area contributed by atoms with Gasteiger partial charge in [-0.25, -0.2) is 4.52 Å². The first kappa shape index (κ1) is 21.1. The average Bonchev–Trinajstić information content (AvgIpc) is 3.22. The van der Waals surface area contributed by atoms with Crippen LogP contribution in [0.4, 0.5) is 30.5 Å². The van der Waals surface area contributed by atoms with Crippen molar-refractivity contribution >= 4 is 23.0 Å². The maximum Gasteiger partial charge on any atom is 0.573 e. The molecule has 4 aromatic rings. The molecule has 1 aliphatic rings. The predicted octanol–water partition coefficient (Wildman–Crippen LogP) is 4.88. The van der Waals surface area contributed by atoms with Crippen LogP contribution in [0.5, 0.6) is 5.75 Å². The van der Waals surface area contributed by atoms with Gasteiger partial charge >= 0.3 is 6.36 Å². The number of alkyl halides is 3. The minimum absolute atomic E-state index is 0.278. The van der Waals surface area contributed by atoms with Crippen LogP contribution >= 0.6 is 0 Å². The molecule has 1 fully saturated rings. The predicted molar refractivity (Wildman–Crippen MR) is 118 cm³/mol. The Hall–Kier alpha value is -3.79. The second-order valence-electron chi connectivity index (χ2n) is 7.46. The number of rotatable bonds is 5. The number of nitrogens with one attached hydrogen (secondary N) is 1. The number of hydrogen-bond donors (Lipinski definition) is 1. The normalized spacial score (nSPS) is 14.5. The molecule has 0 spiro atoms. The van der Waals surface area contributed by atoms with Crippen LogP contribution in [0.15, 0.2) is 66.7 Å². The minimum atomic E-state index is -4.73. The molecule has 2 aromatic carbocycles. The second-order valence-corrected chi connectivity index (χ2v) is 7.46. The SMILES string of the molecule is FC(F)(F)Oc1ccc(-c2cccc3nc(Nc4ccc(N5CCOCC5)cc4)nn23)cc1. The molecule has 0 aliphatic carbocycles. The van der Waals surface area contributed by atoms with E-state index >= 15 is 0 Å². The minimum Gasteiger partial charge on any atom is -0.406 e. The molecule has 5 rings (SSSR count). The van der Waals surface area contributed by atoms with Crippen LogP contribution in [-0.2, 0) is 4.74 Å². The number of morpholine rings is 1. The maximum atomic E-state index is 12.4. The van der Waals surface area contributed by atoms with E-state index in [0.717, 1.165) is 37.7 Å². The summed E-state index contributed by atoms with van der Waals surface area (Å²) >= 11 is 0. The summed E-state index contributed by atoms with van der Waals surface area (Å²) in [7, 11) is 0. The van der Waals surface area contributed by atoms with Gasteiger partial charge in [-0.3, -0.25) is 0 Å². The topological polar surface area (TPSA) is 63.9 Å². The molecule has 0 saturated carbocycles. The summed E-state index contributed by atoms with van der Waals surface area (Å²) in [6, 6.07) is 19.1. The van der Waals surface area contributed by atoms with Crippen LogP contribution in [-0.4, -0.2) is 47.3 Å². The lowest BCUT2D eigenvalue weighted by atomic mass is 10.1. The standard InChI is InChI=1S/C23H20F3N5O2/c24-23(25,26)33-19-10-4-16(5-11-19)20-2-1-3-21-28-22(29-31(20)21)27-17-6-8-18(9-7-17)30-12-14-32-15-13-30/h1-11H,12-15H2,(H,27,29). The quantitative estimate of drug-likeness (QED) is 0.463. The number of fused-ring (bicyclic) bond motifs is 1. The summed E-state index contributed by atoms with van der Waals surface area (Å²) in [6.45, 7) is 3.19. The Kier molecular flexibility index (Phi) is 5.51. The van der Waals surface area contributed by atoms with E-state index in [1.54, 1.807) is 16.6 Å². The fourth-order valence-electron chi connectivity index (χ4n) is 3.71. The molecule has 0 bridgehead atoms. The van der Waals surface area contributed by atoms with E-state index in [0.29, 0.717) is 22.9 Å². The zero-order valence-electron chi connectivity index (χ0n) is 17.4. The van der Waals surface area contributed by atoms with E-state index in [-0.39, 0.29) is 5.75 Å². The molecule has 3 heterocycles. The van der Waals surface area contributed by atoms with Gasteiger partial charge in [-0.2, -0.15) is 4.98 Å². The molecular weight excluding hydrogens is 435 g/mol. The Balaban J connectivity index is 1.35. The Bertz CT molecular complexity index is 1230. The molecule has 0 atom stereocenters. The van der Waals surface area contributed by atoms with E-state index in [9.17, 15) is 13.2 Å². The third kappa shape index (κ3) is 4.85. The fourth-order valence-corrected chi connectivity index (χ4v) is 3.71. The summed E-state index contributed by atoms with van der Waals surface area (Å²) < 4.78 is 48.2. The van der Waals surface area contributed by atoms with Crippen molar-refractivity contribution in [2.45, 2.75) is 6.36 Å². The third-order valence-corrected chi connectivity index (χ3v) is 5.24. The molecule has 170 valence electrons. The fraction of sp³-hybridized carbons (Fsp3) is 0.217. The van der Waals surface area contributed by atoms with Crippen molar-refractivity contribution < 1.29 is 22.6 Å². The zero-order valence-corrected chi connectivity index (χ0v) is 17.4. The molecule has 0 radical (unpaired) electrons. The summed E-state index contributed by atoms with van der Waals surface area (Å²) in [5, 5.41) is 7.74. The summed E-state index contributed by atoms with van der Waals surface area (Å²) in [6.07, 6.45) is -4.73. The van der Waals surface area contributed by atoms with Gasteiger partial charge < -0.3 is 19.7 Å². The average molecular weight is 455 g/mol. The van der Waals surface area contributed by atoms with Gasteiger partial charge in [-0.15, -0.1) is 18.3 Å². The van der Waals surface area contributed by atoms with Crippen molar-refractivity contribution in [2.24, 2.45) is 0 Å². The summed E-state index contributed by atoms with van der Waals surface area (Å²) in [4.78, 5) is 6.78. The van der Waals surface area contributed by atoms with Gasteiger partial charge in [0.1, 0.15) is 5.75 Å². The van der Waals surface area contributed by atoms with E-state index in [1.807, 2.05) is 42.5 Å². The van der Waals surface area contributed by atoms with Crippen molar-refractivity contribution in [3.63, 3.8) is 0 Å². The van der Waals surface area contributed by atoms with Crippen LogP contribution in [0.3, 0.4) is 0 Å². The van der Waals surface area contributed by atoms with Gasteiger partial charge in [0.05, 0.1) is 18.9 Å². The molecule has 1 N–H and O–H groups in total. The number of hydrogen-bond acceptors (Lipinski definition) is 6. The Morgan fingerprint density at radius 3 is 2.33 bits per heavy atom. The number of pyridine rings is 1. The van der Waals surface area contributed by atoms with Crippen LogP contribution in [0, 0.1) is 0 Å². The van der Waals surface area contributed by atoms with Gasteiger partial charge in [-0.1, -0.05) is 6.07 Å². The van der Waals surface area contributed by atoms with E-state index in [4.69, 9.17) is 4.74 Å². The van der Waals surface area contributed by atoms with Crippen LogP contribution in [0.25, 0.3) is 16.9 Å². The summed E-state index contributed by atoms with van der Waals surface area (Å²) in [5.74, 6) is 0.137. The highest BCUT2D eigenvalue weighted by molar-refractivity contribution is 5.66.